The molecule has 0 saturated heterocycles. The highest BCUT2D eigenvalue weighted by atomic mass is 19.3. The van der Waals surface area contributed by atoms with E-state index in [4.69, 9.17) is 0 Å². The second-order valence-electron chi connectivity index (χ2n) is 4.73. The van der Waals surface area contributed by atoms with Crippen molar-refractivity contribution in [3.05, 3.63) is 29.8 Å². The Kier molecular flexibility index (Phi) is 4.18. The number of nitrogens with one attached hydrogen (secondary N) is 1. The Morgan fingerprint density at radius 3 is 2.60 bits per heavy atom. The number of carbonyl (C=O) groups is 1. The summed E-state index contributed by atoms with van der Waals surface area (Å²) in [5, 5.41) is 11.9. The molecule has 106 valence electrons. The molecule has 0 bridgehead atoms. The third-order valence-corrected chi connectivity index (χ3v) is 3.37. The first-order valence-electron chi connectivity index (χ1n) is 6.34. The van der Waals surface area contributed by atoms with Crippen LogP contribution in [0.1, 0.15) is 36.0 Å². The summed E-state index contributed by atoms with van der Waals surface area (Å²) in [5.41, 5.74) is -0.885. The van der Waals surface area contributed by atoms with Gasteiger partial charge in [0.1, 0.15) is 11.3 Å². The molecular formula is C14H14F2N2O2. The van der Waals surface area contributed by atoms with E-state index in [-0.39, 0.29) is 11.3 Å². The maximum Gasteiger partial charge on any atom is 0.387 e. The zero-order chi connectivity index (χ0) is 14.6. The van der Waals surface area contributed by atoms with E-state index in [1.165, 1.54) is 18.2 Å². The number of nitrogens with zero attached hydrogens (tertiary/aromatic N) is 1. The number of carbonyl (C=O) groups excluding carboxylic acids is 1. The lowest BCUT2D eigenvalue weighted by atomic mass is 9.99. The fraction of sp³-hybridized carbons (Fsp3) is 0.429. The van der Waals surface area contributed by atoms with Gasteiger partial charge in [-0.05, 0) is 37.8 Å². The summed E-state index contributed by atoms with van der Waals surface area (Å²) in [6, 6.07) is 7.87. The first-order chi connectivity index (χ1) is 9.56. The van der Waals surface area contributed by atoms with Crippen LogP contribution in [0.2, 0.25) is 0 Å². The normalized spacial score (nSPS) is 16.7. The molecule has 1 aliphatic carbocycles. The molecule has 0 unspecified atom stereocenters. The lowest BCUT2D eigenvalue weighted by Gasteiger charge is -2.22. The van der Waals surface area contributed by atoms with E-state index >= 15 is 0 Å². The number of halogens is 2. The Morgan fingerprint density at radius 2 is 2.00 bits per heavy atom. The molecule has 0 heterocycles. The van der Waals surface area contributed by atoms with Gasteiger partial charge in [0.15, 0.2) is 0 Å². The minimum absolute atomic E-state index is 0.00863. The smallest absolute Gasteiger partial charge is 0.387 e. The highest BCUT2D eigenvalue weighted by molar-refractivity contribution is 5.97. The topological polar surface area (TPSA) is 62.1 Å². The molecule has 20 heavy (non-hydrogen) atoms. The fourth-order valence-electron chi connectivity index (χ4n) is 2.38. The van der Waals surface area contributed by atoms with Crippen LogP contribution in [0.4, 0.5) is 8.78 Å². The number of hydrogen-bond donors (Lipinski definition) is 1. The summed E-state index contributed by atoms with van der Waals surface area (Å²) in [7, 11) is 0. The number of rotatable bonds is 4. The van der Waals surface area contributed by atoms with Crippen LogP contribution >= 0.6 is 0 Å². The van der Waals surface area contributed by atoms with Gasteiger partial charge in [-0.2, -0.15) is 14.0 Å². The first kappa shape index (κ1) is 14.3. The first-order valence-corrected chi connectivity index (χ1v) is 6.34. The summed E-state index contributed by atoms with van der Waals surface area (Å²) in [6.07, 6.45) is 2.88. The van der Waals surface area contributed by atoms with Crippen LogP contribution in [-0.4, -0.2) is 18.1 Å². The number of nitriles is 1. The second kappa shape index (κ2) is 5.87. The van der Waals surface area contributed by atoms with Crippen molar-refractivity contribution in [2.24, 2.45) is 0 Å². The average Bonchev–Trinajstić information content (AvgIpc) is 2.87. The molecule has 1 aromatic carbocycles. The number of benzene rings is 1. The molecule has 4 nitrogen and oxygen atoms in total. The van der Waals surface area contributed by atoms with E-state index < -0.39 is 18.1 Å². The number of hydrogen-bond acceptors (Lipinski definition) is 3. The standard InChI is InChI=1S/C14H14F2N2O2/c15-13(16)20-11-6-2-1-5-10(11)12(19)18-14(9-17)7-3-4-8-14/h1-2,5-6,13H,3-4,7-8H2,(H,18,19). The summed E-state index contributed by atoms with van der Waals surface area (Å²) < 4.78 is 28.9. The van der Waals surface area contributed by atoms with E-state index in [0.29, 0.717) is 12.8 Å². The van der Waals surface area contributed by atoms with E-state index in [1.807, 2.05) is 0 Å². The molecule has 0 spiro atoms. The van der Waals surface area contributed by atoms with Gasteiger partial charge in [-0.15, -0.1) is 0 Å². The SMILES string of the molecule is N#CC1(NC(=O)c2ccccc2OC(F)F)CCCC1. The highest BCUT2D eigenvalue weighted by Crippen LogP contribution is 2.30. The molecule has 6 heteroatoms. The predicted molar refractivity (Wildman–Crippen MR) is 67.4 cm³/mol. The van der Waals surface area contributed by atoms with E-state index in [2.05, 4.69) is 16.1 Å². The van der Waals surface area contributed by atoms with Gasteiger partial charge >= 0.3 is 6.61 Å². The molecule has 1 fully saturated rings. The molecule has 1 amide bonds. The molecule has 0 atom stereocenters. The zero-order valence-corrected chi connectivity index (χ0v) is 10.7. The lowest BCUT2D eigenvalue weighted by Crippen LogP contribution is -2.45. The maximum atomic E-state index is 12.3. The molecule has 2 rings (SSSR count). The largest absolute Gasteiger partial charge is 0.434 e. The van der Waals surface area contributed by atoms with Crippen molar-refractivity contribution in [1.29, 1.82) is 5.26 Å². The predicted octanol–water partition coefficient (Wildman–Crippen LogP) is 2.85. The molecule has 1 N–H and O–H groups in total. The van der Waals surface area contributed by atoms with Crippen molar-refractivity contribution < 1.29 is 18.3 Å². The Hall–Kier alpha value is -2.16. The van der Waals surface area contributed by atoms with Crippen LogP contribution in [0.25, 0.3) is 0 Å². The molecule has 0 aliphatic heterocycles. The maximum absolute atomic E-state index is 12.3. The number of alkyl halides is 2. The lowest BCUT2D eigenvalue weighted by molar-refractivity contribution is -0.0501. The van der Waals surface area contributed by atoms with Crippen molar-refractivity contribution in [2.75, 3.05) is 0 Å². The quantitative estimate of drug-likeness (QED) is 0.922. The van der Waals surface area contributed by atoms with Crippen molar-refractivity contribution in [3.63, 3.8) is 0 Å². The average molecular weight is 280 g/mol. The molecular weight excluding hydrogens is 266 g/mol. The Balaban J connectivity index is 2.19. The van der Waals surface area contributed by atoms with E-state index in [0.717, 1.165) is 12.8 Å². The summed E-state index contributed by atoms with van der Waals surface area (Å²) >= 11 is 0. The van der Waals surface area contributed by atoms with Gasteiger partial charge in [0, 0.05) is 0 Å². The monoisotopic (exact) mass is 280 g/mol. The minimum atomic E-state index is -3.00. The minimum Gasteiger partial charge on any atom is -0.434 e. The van der Waals surface area contributed by atoms with Crippen LogP contribution in [0.15, 0.2) is 24.3 Å². The van der Waals surface area contributed by atoms with E-state index in [9.17, 15) is 18.8 Å². The Morgan fingerprint density at radius 1 is 1.35 bits per heavy atom. The van der Waals surface area contributed by atoms with Crippen LogP contribution < -0.4 is 10.1 Å². The molecule has 1 aliphatic rings. The summed E-state index contributed by atoms with van der Waals surface area (Å²) in [5.74, 6) is -0.754. The van der Waals surface area contributed by atoms with Gasteiger partial charge in [0.2, 0.25) is 0 Å². The van der Waals surface area contributed by atoms with Crippen LogP contribution in [0.3, 0.4) is 0 Å². The van der Waals surface area contributed by atoms with Crippen LogP contribution in [0, 0.1) is 11.3 Å². The van der Waals surface area contributed by atoms with Gasteiger partial charge in [-0.3, -0.25) is 4.79 Å². The third kappa shape index (κ3) is 3.05. The third-order valence-electron chi connectivity index (χ3n) is 3.37. The Bertz CT molecular complexity index is 534. The highest BCUT2D eigenvalue weighted by Gasteiger charge is 2.36. The van der Waals surface area contributed by atoms with Gasteiger partial charge in [-0.25, -0.2) is 0 Å². The van der Waals surface area contributed by atoms with Gasteiger partial charge in [0.05, 0.1) is 11.6 Å². The van der Waals surface area contributed by atoms with Gasteiger partial charge < -0.3 is 10.1 Å². The fourth-order valence-corrected chi connectivity index (χ4v) is 2.38. The molecule has 1 aromatic rings. The van der Waals surface area contributed by atoms with Crippen molar-refractivity contribution in [2.45, 2.75) is 37.8 Å². The number of para-hydroxylation sites is 1. The zero-order valence-electron chi connectivity index (χ0n) is 10.7. The second-order valence-corrected chi connectivity index (χ2v) is 4.73. The molecule has 0 aromatic heterocycles. The van der Waals surface area contributed by atoms with Crippen LogP contribution in [0.5, 0.6) is 5.75 Å². The van der Waals surface area contributed by atoms with Crippen molar-refractivity contribution in [3.8, 4) is 11.8 Å². The van der Waals surface area contributed by atoms with Crippen molar-refractivity contribution in [1.82, 2.24) is 5.32 Å². The molecule has 1 saturated carbocycles. The number of amides is 1. The Labute approximate surface area is 115 Å². The summed E-state index contributed by atoms with van der Waals surface area (Å²) in [6.45, 7) is -3.00. The van der Waals surface area contributed by atoms with E-state index in [1.54, 1.807) is 6.07 Å². The van der Waals surface area contributed by atoms with Crippen LogP contribution in [-0.2, 0) is 0 Å². The molecule has 0 radical (unpaired) electrons. The number of ether oxygens (including phenoxy) is 1. The van der Waals surface area contributed by atoms with Gasteiger partial charge in [-0.1, -0.05) is 12.1 Å². The van der Waals surface area contributed by atoms with Crippen molar-refractivity contribution >= 4 is 5.91 Å². The van der Waals surface area contributed by atoms with Gasteiger partial charge in [0.25, 0.3) is 5.91 Å². The summed E-state index contributed by atoms with van der Waals surface area (Å²) in [4.78, 5) is 12.2.